The van der Waals surface area contributed by atoms with Gasteiger partial charge in [-0.1, -0.05) is 18.2 Å². The van der Waals surface area contributed by atoms with Crippen molar-refractivity contribution < 1.29 is 34.2 Å². The maximum Gasteiger partial charge on any atom is 0.326 e. The summed E-state index contributed by atoms with van der Waals surface area (Å²) in [6.45, 7) is 0.228. The summed E-state index contributed by atoms with van der Waals surface area (Å²) in [6.07, 6.45) is 1.92. The number of benzene rings is 1. The number of rotatable bonds is 12. The number of nitrogens with one attached hydrogen (secondary N) is 3. The second kappa shape index (κ2) is 12.6. The molecule has 7 N–H and O–H groups in total. The van der Waals surface area contributed by atoms with Gasteiger partial charge < -0.3 is 36.5 Å². The molecule has 13 heteroatoms. The first-order valence-corrected chi connectivity index (χ1v) is 12.5. The smallest absolute Gasteiger partial charge is 0.326 e. The highest BCUT2D eigenvalue weighted by Gasteiger charge is 2.38. The average molecular weight is 534 g/mol. The Morgan fingerprint density at radius 3 is 2.49 bits per heavy atom. The number of thiol groups is 1. The van der Waals surface area contributed by atoms with Crippen LogP contribution in [0.1, 0.15) is 31.2 Å². The zero-order valence-electron chi connectivity index (χ0n) is 20.1. The van der Waals surface area contributed by atoms with Gasteiger partial charge in [0, 0.05) is 42.2 Å². The van der Waals surface area contributed by atoms with Gasteiger partial charge in [-0.3, -0.25) is 19.2 Å². The van der Waals surface area contributed by atoms with Crippen molar-refractivity contribution >= 4 is 53.2 Å². The zero-order chi connectivity index (χ0) is 27.1. The number of fused-ring (bicyclic) bond motifs is 1. The van der Waals surface area contributed by atoms with Gasteiger partial charge in [0.15, 0.2) is 0 Å². The Bertz CT molecular complexity index is 1170. The number of H-pyrrole nitrogens is 1. The van der Waals surface area contributed by atoms with Gasteiger partial charge in [-0.2, -0.15) is 12.6 Å². The van der Waals surface area contributed by atoms with Gasteiger partial charge in [-0.05, 0) is 30.9 Å². The minimum atomic E-state index is -1.28. The van der Waals surface area contributed by atoms with E-state index in [4.69, 9.17) is 10.8 Å². The molecule has 200 valence electrons. The van der Waals surface area contributed by atoms with Crippen LogP contribution >= 0.6 is 12.6 Å². The lowest BCUT2D eigenvalue weighted by Gasteiger charge is -2.29. The third kappa shape index (κ3) is 7.01. The molecule has 1 aromatic carbocycles. The highest BCUT2D eigenvalue weighted by Crippen LogP contribution is 2.23. The van der Waals surface area contributed by atoms with Gasteiger partial charge in [0.05, 0.1) is 6.04 Å². The summed E-state index contributed by atoms with van der Waals surface area (Å²) in [5, 5.41) is 24.6. The van der Waals surface area contributed by atoms with E-state index in [1.807, 2.05) is 24.3 Å². The number of aliphatic carboxylic acids is 2. The maximum atomic E-state index is 13.5. The predicted molar refractivity (Wildman–Crippen MR) is 137 cm³/mol. The van der Waals surface area contributed by atoms with E-state index in [0.717, 1.165) is 16.5 Å². The summed E-state index contributed by atoms with van der Waals surface area (Å²) >= 11 is 3.97. The van der Waals surface area contributed by atoms with E-state index in [1.165, 1.54) is 4.90 Å². The van der Waals surface area contributed by atoms with Crippen LogP contribution in [0.2, 0.25) is 0 Å². The fourth-order valence-electron chi connectivity index (χ4n) is 4.38. The van der Waals surface area contributed by atoms with Gasteiger partial charge in [0.25, 0.3) is 0 Å². The molecular formula is C24H31N5O7S. The lowest BCUT2D eigenvalue weighted by Crippen LogP contribution is -2.57. The lowest BCUT2D eigenvalue weighted by atomic mass is 10.0. The van der Waals surface area contributed by atoms with E-state index in [1.54, 1.807) is 6.20 Å². The first-order valence-electron chi connectivity index (χ1n) is 11.9. The van der Waals surface area contributed by atoms with Crippen LogP contribution in [0.3, 0.4) is 0 Å². The first kappa shape index (κ1) is 28.0. The van der Waals surface area contributed by atoms with Crippen LogP contribution in [-0.2, 0) is 30.4 Å². The summed E-state index contributed by atoms with van der Waals surface area (Å²) < 4.78 is 0. The third-order valence-electron chi connectivity index (χ3n) is 6.35. The third-order valence-corrected chi connectivity index (χ3v) is 6.74. The minimum absolute atomic E-state index is 0.00626. The number of aromatic nitrogens is 1. The SMILES string of the molecule is NC(CS)C(=O)NC(CCC(=O)O)C(=O)NC(Cc1c[nH]c2ccccc12)C(=O)N1CCCC1C(=O)O. The van der Waals surface area contributed by atoms with Crippen molar-refractivity contribution in [1.82, 2.24) is 20.5 Å². The predicted octanol–water partition coefficient (Wildman–Crippen LogP) is -0.122. The van der Waals surface area contributed by atoms with Crippen LogP contribution in [0.5, 0.6) is 0 Å². The Kier molecular flexibility index (Phi) is 9.53. The number of carbonyl (C=O) groups is 5. The fraction of sp³-hybridized carbons (Fsp3) is 0.458. The number of aromatic amines is 1. The van der Waals surface area contributed by atoms with E-state index < -0.39 is 60.2 Å². The Hall–Kier alpha value is -3.58. The molecule has 4 atom stereocenters. The van der Waals surface area contributed by atoms with Crippen LogP contribution in [0.15, 0.2) is 30.5 Å². The molecule has 1 fully saturated rings. The van der Waals surface area contributed by atoms with E-state index in [-0.39, 0.29) is 25.1 Å². The number of carbonyl (C=O) groups excluding carboxylic acids is 3. The van der Waals surface area contributed by atoms with E-state index in [9.17, 15) is 29.1 Å². The second-order valence-corrected chi connectivity index (χ2v) is 9.30. The molecule has 2 aromatic rings. The standard InChI is InChI=1S/C24H31N5O7S/c25-15(12-37)21(32)27-17(7-8-20(30)31)22(33)28-18(23(34)29-9-3-6-19(29)24(35)36)10-13-11-26-16-5-2-1-4-14(13)16/h1-2,4-5,11,15,17-19,26,37H,3,6-10,12,25H2,(H,27,32)(H,28,33)(H,30,31)(H,35,36). The molecule has 0 saturated carbocycles. The maximum absolute atomic E-state index is 13.5. The van der Waals surface area contributed by atoms with Crippen LogP contribution in [0.25, 0.3) is 10.9 Å². The van der Waals surface area contributed by atoms with Gasteiger partial charge in [-0.25, -0.2) is 4.79 Å². The number of likely N-dealkylation sites (tertiary alicyclic amines) is 1. The quantitative estimate of drug-likeness (QED) is 0.183. The summed E-state index contributed by atoms with van der Waals surface area (Å²) in [6, 6.07) is 2.93. The molecule has 12 nitrogen and oxygen atoms in total. The van der Waals surface area contributed by atoms with E-state index in [0.29, 0.717) is 12.8 Å². The number of amides is 3. The number of nitrogens with two attached hydrogens (primary N) is 1. The highest BCUT2D eigenvalue weighted by atomic mass is 32.1. The van der Waals surface area contributed by atoms with Crippen LogP contribution in [0, 0.1) is 0 Å². The average Bonchev–Trinajstić information content (AvgIpc) is 3.52. The topological polar surface area (TPSA) is 195 Å². The molecule has 1 aliphatic heterocycles. The molecule has 37 heavy (non-hydrogen) atoms. The molecule has 3 amide bonds. The first-order chi connectivity index (χ1) is 17.6. The molecular weight excluding hydrogens is 502 g/mol. The van der Waals surface area contributed by atoms with Crippen molar-refractivity contribution in [3.8, 4) is 0 Å². The summed E-state index contributed by atoms with van der Waals surface area (Å²) in [5.74, 6) is -4.32. The molecule has 2 heterocycles. The van der Waals surface area contributed by atoms with Gasteiger partial charge in [0.2, 0.25) is 17.7 Å². The fourth-order valence-corrected chi connectivity index (χ4v) is 4.54. The van der Waals surface area contributed by atoms with Gasteiger partial charge >= 0.3 is 11.9 Å². The Balaban J connectivity index is 1.88. The van der Waals surface area contributed by atoms with Crippen molar-refractivity contribution in [2.75, 3.05) is 12.3 Å². The largest absolute Gasteiger partial charge is 0.481 e. The molecule has 3 rings (SSSR count). The van der Waals surface area contributed by atoms with E-state index in [2.05, 4.69) is 28.2 Å². The van der Waals surface area contributed by atoms with Crippen molar-refractivity contribution in [3.05, 3.63) is 36.0 Å². The molecule has 0 bridgehead atoms. The van der Waals surface area contributed by atoms with Crippen molar-refractivity contribution in [2.45, 2.75) is 56.3 Å². The minimum Gasteiger partial charge on any atom is -0.481 e. The molecule has 0 aliphatic carbocycles. The molecule has 4 unspecified atom stereocenters. The zero-order valence-corrected chi connectivity index (χ0v) is 20.9. The Morgan fingerprint density at radius 1 is 1.11 bits per heavy atom. The van der Waals surface area contributed by atoms with Crippen LogP contribution < -0.4 is 16.4 Å². The molecule has 1 aliphatic rings. The molecule has 0 radical (unpaired) electrons. The Labute approximate surface area is 218 Å². The number of carboxylic acid groups (broad SMARTS) is 2. The monoisotopic (exact) mass is 533 g/mol. The lowest BCUT2D eigenvalue weighted by molar-refractivity contribution is -0.149. The Morgan fingerprint density at radius 2 is 1.81 bits per heavy atom. The van der Waals surface area contributed by atoms with E-state index >= 15 is 0 Å². The summed E-state index contributed by atoms with van der Waals surface area (Å²) in [5.41, 5.74) is 7.23. The normalized spacial score (nSPS) is 17.7. The van der Waals surface area contributed by atoms with Gasteiger partial charge in [0.1, 0.15) is 18.1 Å². The van der Waals surface area contributed by atoms with Gasteiger partial charge in [-0.15, -0.1) is 0 Å². The molecule has 0 spiro atoms. The van der Waals surface area contributed by atoms with Crippen molar-refractivity contribution in [2.24, 2.45) is 5.73 Å². The summed E-state index contributed by atoms with van der Waals surface area (Å²) in [7, 11) is 0. The van der Waals surface area contributed by atoms with Crippen molar-refractivity contribution in [1.29, 1.82) is 0 Å². The van der Waals surface area contributed by atoms with Crippen molar-refractivity contribution in [3.63, 3.8) is 0 Å². The second-order valence-electron chi connectivity index (χ2n) is 8.94. The summed E-state index contributed by atoms with van der Waals surface area (Å²) in [4.78, 5) is 66.3. The highest BCUT2D eigenvalue weighted by molar-refractivity contribution is 7.80. The molecule has 1 aromatic heterocycles. The van der Waals surface area contributed by atoms with Crippen LogP contribution in [0.4, 0.5) is 0 Å². The van der Waals surface area contributed by atoms with Crippen LogP contribution in [-0.4, -0.2) is 86.2 Å². The number of para-hydroxylation sites is 1. The number of hydrogen-bond donors (Lipinski definition) is 7. The molecule has 1 saturated heterocycles. The number of hydrogen-bond acceptors (Lipinski definition) is 7. The number of nitrogens with zero attached hydrogens (tertiary/aromatic N) is 1. The number of carboxylic acids is 2.